The van der Waals surface area contributed by atoms with E-state index in [1.54, 1.807) is 13.3 Å². The molecule has 0 saturated carbocycles. The Balaban J connectivity index is 1.90. The van der Waals surface area contributed by atoms with Crippen LogP contribution in [-0.2, 0) is 9.53 Å². The molecule has 6 nitrogen and oxygen atoms in total. The van der Waals surface area contributed by atoms with Gasteiger partial charge in [0.1, 0.15) is 18.2 Å². The van der Waals surface area contributed by atoms with Crippen molar-refractivity contribution in [3.8, 4) is 5.82 Å². The van der Waals surface area contributed by atoms with Gasteiger partial charge >= 0.3 is 0 Å². The van der Waals surface area contributed by atoms with Gasteiger partial charge in [0.2, 0.25) is 5.91 Å². The lowest BCUT2D eigenvalue weighted by Gasteiger charge is -2.24. The number of nitrogens with zero attached hydrogens (tertiary/aromatic N) is 4. The summed E-state index contributed by atoms with van der Waals surface area (Å²) in [5, 5.41) is 0. The first-order valence-corrected chi connectivity index (χ1v) is 8.40. The summed E-state index contributed by atoms with van der Waals surface area (Å²) in [6, 6.07) is 6.00. The molecule has 1 amide bonds. The molecule has 24 heavy (non-hydrogen) atoms. The molecule has 0 aromatic carbocycles. The van der Waals surface area contributed by atoms with Gasteiger partial charge < -0.3 is 9.64 Å². The molecule has 2 aromatic heterocycles. The Hall–Kier alpha value is -2.21. The number of aromatic nitrogens is 3. The Morgan fingerprint density at radius 1 is 1.42 bits per heavy atom. The molecule has 3 rings (SSSR count). The summed E-state index contributed by atoms with van der Waals surface area (Å²) in [5.41, 5.74) is 0.929. The third-order valence-corrected chi connectivity index (χ3v) is 4.37. The number of hydrogen-bond donors (Lipinski definition) is 0. The van der Waals surface area contributed by atoms with Gasteiger partial charge in [0.15, 0.2) is 0 Å². The van der Waals surface area contributed by atoms with Crippen LogP contribution >= 0.6 is 0 Å². The fourth-order valence-electron chi connectivity index (χ4n) is 3.27. The van der Waals surface area contributed by atoms with Crippen molar-refractivity contribution in [1.82, 2.24) is 19.4 Å². The highest BCUT2D eigenvalue weighted by atomic mass is 16.5. The first kappa shape index (κ1) is 16.6. The quantitative estimate of drug-likeness (QED) is 0.847. The zero-order valence-electron chi connectivity index (χ0n) is 14.5. The predicted molar refractivity (Wildman–Crippen MR) is 91.0 cm³/mol. The molecule has 2 aromatic rings. The number of pyridine rings is 1. The number of rotatable bonds is 5. The van der Waals surface area contributed by atoms with Crippen LogP contribution in [0.15, 0.2) is 30.6 Å². The molecule has 6 heteroatoms. The van der Waals surface area contributed by atoms with E-state index in [2.05, 4.69) is 18.8 Å². The van der Waals surface area contributed by atoms with Crippen molar-refractivity contribution in [3.05, 3.63) is 42.1 Å². The van der Waals surface area contributed by atoms with Crippen LogP contribution in [0, 0.1) is 0 Å². The minimum absolute atomic E-state index is 0.0257. The van der Waals surface area contributed by atoms with Crippen molar-refractivity contribution >= 4 is 5.91 Å². The summed E-state index contributed by atoms with van der Waals surface area (Å²) in [4.78, 5) is 23.4. The topological polar surface area (TPSA) is 60.2 Å². The Morgan fingerprint density at radius 3 is 3.00 bits per heavy atom. The van der Waals surface area contributed by atoms with Crippen LogP contribution in [0.1, 0.15) is 50.2 Å². The minimum atomic E-state index is 0.0257. The lowest BCUT2D eigenvalue weighted by Crippen LogP contribution is -2.33. The lowest BCUT2D eigenvalue weighted by atomic mass is 10.1. The summed E-state index contributed by atoms with van der Waals surface area (Å²) in [6.07, 6.45) is 5.67. The monoisotopic (exact) mass is 328 g/mol. The maximum absolute atomic E-state index is 12.2. The summed E-state index contributed by atoms with van der Waals surface area (Å²) in [5.74, 6) is 2.17. The number of methoxy groups -OCH3 is 1. The number of carbonyl (C=O) groups excluding carboxylic acids is 1. The molecule has 1 aliphatic rings. The molecule has 0 N–H and O–H groups in total. The van der Waals surface area contributed by atoms with E-state index in [-0.39, 0.29) is 18.6 Å². The summed E-state index contributed by atoms with van der Waals surface area (Å²) in [6.45, 7) is 5.12. The SMILES string of the molecule is COCC(=O)N1CCC[C@@H]1c1cccc(-n2ccnc2C(C)C)n1. The van der Waals surface area contributed by atoms with Crippen molar-refractivity contribution in [3.63, 3.8) is 0 Å². The zero-order chi connectivity index (χ0) is 17.1. The van der Waals surface area contributed by atoms with Crippen molar-refractivity contribution in [2.45, 2.75) is 38.6 Å². The molecule has 0 unspecified atom stereocenters. The smallest absolute Gasteiger partial charge is 0.249 e. The fourth-order valence-corrected chi connectivity index (χ4v) is 3.27. The zero-order valence-corrected chi connectivity index (χ0v) is 14.5. The van der Waals surface area contributed by atoms with E-state index < -0.39 is 0 Å². The van der Waals surface area contributed by atoms with E-state index in [0.29, 0.717) is 5.92 Å². The van der Waals surface area contributed by atoms with Gasteiger partial charge in [0.25, 0.3) is 0 Å². The van der Waals surface area contributed by atoms with Gasteiger partial charge in [-0.3, -0.25) is 9.36 Å². The molecule has 1 atom stereocenters. The fraction of sp³-hybridized carbons (Fsp3) is 0.500. The molecule has 1 fully saturated rings. The van der Waals surface area contributed by atoms with Crippen LogP contribution in [-0.4, -0.2) is 45.6 Å². The maximum atomic E-state index is 12.2. The van der Waals surface area contributed by atoms with E-state index in [1.165, 1.54) is 0 Å². The minimum Gasteiger partial charge on any atom is -0.375 e. The highest BCUT2D eigenvalue weighted by molar-refractivity contribution is 5.78. The van der Waals surface area contributed by atoms with Crippen LogP contribution in [0.25, 0.3) is 5.82 Å². The summed E-state index contributed by atoms with van der Waals surface area (Å²) >= 11 is 0. The average Bonchev–Trinajstić information content (AvgIpc) is 3.24. The van der Waals surface area contributed by atoms with Gasteiger partial charge in [-0.05, 0) is 25.0 Å². The van der Waals surface area contributed by atoms with Crippen LogP contribution in [0.5, 0.6) is 0 Å². The molecule has 0 aliphatic carbocycles. The molecule has 1 saturated heterocycles. The number of ether oxygens (including phenoxy) is 1. The van der Waals surface area contributed by atoms with Gasteiger partial charge in [-0.25, -0.2) is 9.97 Å². The van der Waals surface area contributed by atoms with Gasteiger partial charge in [-0.15, -0.1) is 0 Å². The van der Waals surface area contributed by atoms with E-state index in [0.717, 1.165) is 36.7 Å². The standard InChI is InChI=1S/C18H24N4O2/c1-13(2)18-19-9-11-22(18)16-8-4-6-14(20-16)15-7-5-10-21(15)17(23)12-24-3/h4,6,8-9,11,13,15H,5,7,10,12H2,1-3H3/t15-/m1/s1. The number of hydrogen-bond acceptors (Lipinski definition) is 4. The molecule has 128 valence electrons. The van der Waals surface area contributed by atoms with Crippen molar-refractivity contribution in [2.75, 3.05) is 20.3 Å². The molecular weight excluding hydrogens is 304 g/mol. The van der Waals surface area contributed by atoms with Gasteiger partial charge in [-0.2, -0.15) is 0 Å². The van der Waals surface area contributed by atoms with Crippen LogP contribution in [0.4, 0.5) is 0 Å². The van der Waals surface area contributed by atoms with Crippen molar-refractivity contribution in [2.24, 2.45) is 0 Å². The first-order valence-electron chi connectivity index (χ1n) is 8.40. The largest absolute Gasteiger partial charge is 0.375 e. The molecular formula is C18H24N4O2. The second-order valence-electron chi connectivity index (χ2n) is 6.41. The molecule has 0 radical (unpaired) electrons. The lowest BCUT2D eigenvalue weighted by molar-refractivity contribution is -0.136. The van der Waals surface area contributed by atoms with Gasteiger partial charge in [-0.1, -0.05) is 19.9 Å². The van der Waals surface area contributed by atoms with E-state index >= 15 is 0 Å². The number of likely N-dealkylation sites (tertiary alicyclic amines) is 1. The molecule has 1 aliphatic heterocycles. The van der Waals surface area contributed by atoms with Crippen LogP contribution < -0.4 is 0 Å². The van der Waals surface area contributed by atoms with Crippen molar-refractivity contribution in [1.29, 1.82) is 0 Å². The maximum Gasteiger partial charge on any atom is 0.249 e. The average molecular weight is 328 g/mol. The normalized spacial score (nSPS) is 17.7. The second kappa shape index (κ2) is 7.13. The second-order valence-corrected chi connectivity index (χ2v) is 6.41. The molecule has 3 heterocycles. The van der Waals surface area contributed by atoms with Gasteiger partial charge in [0, 0.05) is 32.0 Å². The molecule has 0 bridgehead atoms. The van der Waals surface area contributed by atoms with E-state index in [4.69, 9.17) is 9.72 Å². The van der Waals surface area contributed by atoms with E-state index in [9.17, 15) is 4.79 Å². The Kier molecular flexibility index (Phi) is 4.94. The van der Waals surface area contributed by atoms with Gasteiger partial charge in [0.05, 0.1) is 11.7 Å². The highest BCUT2D eigenvalue weighted by Gasteiger charge is 2.30. The first-order chi connectivity index (χ1) is 11.6. The highest BCUT2D eigenvalue weighted by Crippen LogP contribution is 2.31. The molecule has 0 spiro atoms. The predicted octanol–water partition coefficient (Wildman–Crippen LogP) is 2.70. The van der Waals surface area contributed by atoms with Crippen LogP contribution in [0.3, 0.4) is 0 Å². The Morgan fingerprint density at radius 2 is 2.25 bits per heavy atom. The summed E-state index contributed by atoms with van der Waals surface area (Å²) < 4.78 is 7.02. The van der Waals surface area contributed by atoms with Crippen LogP contribution in [0.2, 0.25) is 0 Å². The number of carbonyl (C=O) groups is 1. The third-order valence-electron chi connectivity index (χ3n) is 4.37. The van der Waals surface area contributed by atoms with Crippen molar-refractivity contribution < 1.29 is 9.53 Å². The Bertz CT molecular complexity index is 711. The third kappa shape index (κ3) is 3.19. The number of imidazole rings is 1. The Labute approximate surface area is 142 Å². The van der Waals surface area contributed by atoms with E-state index in [1.807, 2.05) is 33.9 Å². The number of amides is 1. The summed E-state index contributed by atoms with van der Waals surface area (Å²) in [7, 11) is 1.55.